The largest absolute Gasteiger partial charge is 0.394 e. The van der Waals surface area contributed by atoms with Crippen LogP contribution in [0.3, 0.4) is 0 Å². The lowest BCUT2D eigenvalue weighted by molar-refractivity contribution is -0.299. The van der Waals surface area contributed by atoms with E-state index in [2.05, 4.69) is 12.7 Å². The first-order valence-electron chi connectivity index (χ1n) is 7.69. The Kier molecular flexibility index (Phi) is 6.14. The average Bonchev–Trinajstić information content (AvgIpc) is 2.52. The van der Waals surface area contributed by atoms with Gasteiger partial charge in [0.1, 0.15) is 24.4 Å². The number of rotatable bonds is 5. The number of ether oxygens (including phenoxy) is 2. The third-order valence-electron chi connectivity index (χ3n) is 4.48. The fraction of sp³-hybridized carbons (Fsp3) is 0.750. The molecular formula is C16H26O6. The first-order chi connectivity index (χ1) is 10.4. The Morgan fingerprint density at radius 1 is 1.32 bits per heavy atom. The van der Waals surface area contributed by atoms with Crippen LogP contribution in [0.2, 0.25) is 0 Å². The highest BCUT2D eigenvalue weighted by atomic mass is 16.7. The van der Waals surface area contributed by atoms with Crippen LogP contribution in [-0.2, 0) is 9.47 Å². The second kappa shape index (κ2) is 7.68. The monoisotopic (exact) mass is 314 g/mol. The summed E-state index contributed by atoms with van der Waals surface area (Å²) in [4.78, 5) is 0. The van der Waals surface area contributed by atoms with Gasteiger partial charge in [-0.3, -0.25) is 0 Å². The summed E-state index contributed by atoms with van der Waals surface area (Å²) in [7, 11) is 0. The fourth-order valence-corrected chi connectivity index (χ4v) is 2.86. The smallest absolute Gasteiger partial charge is 0.187 e. The lowest BCUT2D eigenvalue weighted by atomic mass is 9.86. The third kappa shape index (κ3) is 3.95. The number of hydrogen-bond acceptors (Lipinski definition) is 6. The van der Waals surface area contributed by atoms with Crippen molar-refractivity contribution < 1.29 is 29.9 Å². The zero-order chi connectivity index (χ0) is 16.3. The fourth-order valence-electron chi connectivity index (χ4n) is 2.86. The second-order valence-electron chi connectivity index (χ2n) is 6.19. The molecule has 0 bridgehead atoms. The SMILES string of the molecule is C=C(C)[C@@H]1CC=C(CO[C@H]2O[C@@H](CO)[C@H](O)[C@@H](O)[C@@H]2O)CC1. The van der Waals surface area contributed by atoms with Crippen LogP contribution in [0.4, 0.5) is 0 Å². The Morgan fingerprint density at radius 2 is 2.05 bits per heavy atom. The molecule has 0 aromatic heterocycles. The molecule has 6 nitrogen and oxygen atoms in total. The molecule has 4 N–H and O–H groups in total. The first-order valence-corrected chi connectivity index (χ1v) is 7.69. The predicted molar refractivity (Wildman–Crippen MR) is 80.0 cm³/mol. The first kappa shape index (κ1) is 17.6. The van der Waals surface area contributed by atoms with Crippen molar-refractivity contribution >= 4 is 0 Å². The van der Waals surface area contributed by atoms with Gasteiger partial charge in [-0.05, 0) is 37.7 Å². The Labute approximate surface area is 130 Å². The minimum atomic E-state index is -1.40. The van der Waals surface area contributed by atoms with E-state index in [1.165, 1.54) is 5.57 Å². The lowest BCUT2D eigenvalue weighted by Crippen LogP contribution is -2.59. The molecule has 0 amide bonds. The Bertz CT molecular complexity index is 419. The third-order valence-corrected chi connectivity index (χ3v) is 4.48. The Morgan fingerprint density at radius 3 is 2.59 bits per heavy atom. The topological polar surface area (TPSA) is 99.4 Å². The van der Waals surface area contributed by atoms with E-state index in [0.29, 0.717) is 12.5 Å². The van der Waals surface area contributed by atoms with Gasteiger partial charge in [0, 0.05) is 0 Å². The molecule has 0 aromatic carbocycles. The molecule has 0 spiro atoms. The van der Waals surface area contributed by atoms with Crippen molar-refractivity contribution in [2.75, 3.05) is 13.2 Å². The van der Waals surface area contributed by atoms with Crippen LogP contribution in [-0.4, -0.2) is 64.3 Å². The molecule has 1 aliphatic carbocycles. The molecule has 0 aromatic rings. The second-order valence-corrected chi connectivity index (χ2v) is 6.19. The molecule has 1 heterocycles. The van der Waals surface area contributed by atoms with Gasteiger partial charge in [0.25, 0.3) is 0 Å². The standard InChI is InChI=1S/C16H26O6/c1-9(2)11-5-3-10(4-6-11)8-21-16-15(20)14(19)13(18)12(7-17)22-16/h3,11-20H,1,4-8H2,2H3/t11-,12+,13+,14-,15+,16+/m1/s1. The van der Waals surface area contributed by atoms with Gasteiger partial charge in [0.05, 0.1) is 13.2 Å². The van der Waals surface area contributed by atoms with Crippen LogP contribution in [0, 0.1) is 5.92 Å². The van der Waals surface area contributed by atoms with E-state index in [9.17, 15) is 15.3 Å². The van der Waals surface area contributed by atoms with E-state index in [0.717, 1.165) is 24.8 Å². The van der Waals surface area contributed by atoms with E-state index in [1.807, 2.05) is 6.92 Å². The van der Waals surface area contributed by atoms with Crippen LogP contribution >= 0.6 is 0 Å². The molecule has 2 rings (SSSR count). The molecule has 1 fully saturated rings. The number of hydrogen-bond donors (Lipinski definition) is 4. The summed E-state index contributed by atoms with van der Waals surface area (Å²) in [5, 5.41) is 38.4. The molecule has 2 aliphatic rings. The quantitative estimate of drug-likeness (QED) is 0.537. The zero-order valence-electron chi connectivity index (χ0n) is 12.9. The molecule has 0 saturated carbocycles. The predicted octanol–water partition coefficient (Wildman–Crippen LogP) is 0.105. The van der Waals surface area contributed by atoms with Crippen molar-refractivity contribution in [1.82, 2.24) is 0 Å². The molecule has 1 aliphatic heterocycles. The summed E-state index contributed by atoms with van der Waals surface area (Å²) in [5.41, 5.74) is 2.31. The van der Waals surface area contributed by atoms with Crippen LogP contribution < -0.4 is 0 Å². The number of aliphatic hydroxyl groups excluding tert-OH is 4. The highest BCUT2D eigenvalue weighted by Gasteiger charge is 2.44. The number of aliphatic hydroxyl groups is 4. The molecule has 6 heteroatoms. The van der Waals surface area contributed by atoms with Crippen molar-refractivity contribution in [1.29, 1.82) is 0 Å². The van der Waals surface area contributed by atoms with Gasteiger partial charge in [-0.1, -0.05) is 18.2 Å². The van der Waals surface area contributed by atoms with E-state index in [1.54, 1.807) is 0 Å². The lowest BCUT2D eigenvalue weighted by Gasteiger charge is -2.39. The molecular weight excluding hydrogens is 288 g/mol. The van der Waals surface area contributed by atoms with Gasteiger partial charge in [-0.2, -0.15) is 0 Å². The molecule has 0 unspecified atom stereocenters. The van der Waals surface area contributed by atoms with Crippen molar-refractivity contribution in [2.45, 2.75) is 56.9 Å². The van der Waals surface area contributed by atoms with E-state index in [-0.39, 0.29) is 0 Å². The number of allylic oxidation sites excluding steroid dienone is 2. The van der Waals surface area contributed by atoms with Crippen LogP contribution in [0.1, 0.15) is 26.2 Å². The normalized spacial score (nSPS) is 39.4. The zero-order valence-corrected chi connectivity index (χ0v) is 12.9. The minimum Gasteiger partial charge on any atom is -0.394 e. The van der Waals surface area contributed by atoms with Crippen LogP contribution in [0.25, 0.3) is 0 Å². The summed E-state index contributed by atoms with van der Waals surface area (Å²) in [6.45, 7) is 5.86. The van der Waals surface area contributed by atoms with Crippen molar-refractivity contribution in [3.8, 4) is 0 Å². The molecule has 22 heavy (non-hydrogen) atoms. The molecule has 1 saturated heterocycles. The maximum absolute atomic E-state index is 9.89. The Hall–Kier alpha value is -0.760. The highest BCUT2D eigenvalue weighted by Crippen LogP contribution is 2.29. The summed E-state index contributed by atoms with van der Waals surface area (Å²) in [5.74, 6) is 0.510. The van der Waals surface area contributed by atoms with Gasteiger partial charge in [-0.15, -0.1) is 0 Å². The van der Waals surface area contributed by atoms with Gasteiger partial charge >= 0.3 is 0 Å². The van der Waals surface area contributed by atoms with E-state index in [4.69, 9.17) is 14.6 Å². The van der Waals surface area contributed by atoms with Gasteiger partial charge in [-0.25, -0.2) is 0 Å². The summed E-state index contributed by atoms with van der Waals surface area (Å²) in [6, 6.07) is 0. The summed E-state index contributed by atoms with van der Waals surface area (Å²) < 4.78 is 10.8. The van der Waals surface area contributed by atoms with Crippen LogP contribution in [0.15, 0.2) is 23.8 Å². The highest BCUT2D eigenvalue weighted by molar-refractivity contribution is 5.12. The maximum atomic E-state index is 9.89. The minimum absolute atomic E-state index is 0.297. The van der Waals surface area contributed by atoms with E-state index >= 15 is 0 Å². The summed E-state index contributed by atoms with van der Waals surface area (Å²) in [6.07, 6.45) is -1.12. The van der Waals surface area contributed by atoms with Crippen molar-refractivity contribution in [3.63, 3.8) is 0 Å². The Balaban J connectivity index is 1.87. The van der Waals surface area contributed by atoms with Gasteiger partial charge in [0.2, 0.25) is 0 Å². The molecule has 126 valence electrons. The molecule has 6 atom stereocenters. The maximum Gasteiger partial charge on any atom is 0.187 e. The van der Waals surface area contributed by atoms with Gasteiger partial charge < -0.3 is 29.9 Å². The van der Waals surface area contributed by atoms with Crippen molar-refractivity contribution in [2.24, 2.45) is 5.92 Å². The van der Waals surface area contributed by atoms with Crippen LogP contribution in [0.5, 0.6) is 0 Å². The van der Waals surface area contributed by atoms with E-state index < -0.39 is 37.3 Å². The van der Waals surface area contributed by atoms with Gasteiger partial charge in [0.15, 0.2) is 6.29 Å². The van der Waals surface area contributed by atoms with Crippen molar-refractivity contribution in [3.05, 3.63) is 23.8 Å². The molecule has 0 radical (unpaired) electrons. The average molecular weight is 314 g/mol. The summed E-state index contributed by atoms with van der Waals surface area (Å²) >= 11 is 0.